The minimum Gasteiger partial charge on any atom is -0.388 e. The number of hydrogen-bond donors (Lipinski definition) is 2. The molecule has 0 aliphatic heterocycles. The monoisotopic (exact) mass is 246 g/mol. The van der Waals surface area contributed by atoms with E-state index >= 15 is 0 Å². The zero-order chi connectivity index (χ0) is 13.1. The Morgan fingerprint density at radius 2 is 2.17 bits per heavy atom. The molecular formula is C14H15FN2O. The molecule has 18 heavy (non-hydrogen) atoms. The predicted octanol–water partition coefficient (Wildman–Crippen LogP) is 2.39. The van der Waals surface area contributed by atoms with Crippen molar-refractivity contribution in [3.05, 3.63) is 59.0 Å². The molecule has 1 aromatic heterocycles. The number of pyridine rings is 1. The number of hydrogen-bond acceptors (Lipinski definition) is 3. The number of halogens is 1. The van der Waals surface area contributed by atoms with E-state index in [1.54, 1.807) is 31.3 Å². The van der Waals surface area contributed by atoms with Crippen molar-refractivity contribution in [1.82, 2.24) is 4.98 Å². The lowest BCUT2D eigenvalue weighted by atomic mass is 10.0. The van der Waals surface area contributed by atoms with Crippen molar-refractivity contribution in [3.8, 4) is 0 Å². The van der Waals surface area contributed by atoms with E-state index in [9.17, 15) is 9.50 Å². The average molecular weight is 246 g/mol. The molecule has 0 radical (unpaired) electrons. The maximum atomic E-state index is 13.1. The smallest absolute Gasteiger partial charge is 0.126 e. The molecule has 0 saturated carbocycles. The second-order valence-corrected chi connectivity index (χ2v) is 4.28. The second-order valence-electron chi connectivity index (χ2n) is 4.28. The van der Waals surface area contributed by atoms with Crippen LogP contribution in [0.1, 0.15) is 22.8 Å². The Morgan fingerprint density at radius 1 is 1.39 bits per heavy atom. The van der Waals surface area contributed by atoms with Gasteiger partial charge in [-0.15, -0.1) is 0 Å². The molecule has 3 nitrogen and oxygen atoms in total. The van der Waals surface area contributed by atoms with Crippen molar-refractivity contribution in [3.63, 3.8) is 0 Å². The Bertz CT molecular complexity index is 557. The molecule has 0 fully saturated rings. The first-order valence-corrected chi connectivity index (χ1v) is 5.71. The van der Waals surface area contributed by atoms with Crippen LogP contribution in [0.5, 0.6) is 0 Å². The fourth-order valence-corrected chi connectivity index (χ4v) is 1.82. The van der Waals surface area contributed by atoms with E-state index in [0.29, 0.717) is 23.4 Å². The first-order valence-electron chi connectivity index (χ1n) is 5.71. The van der Waals surface area contributed by atoms with Gasteiger partial charge in [-0.3, -0.25) is 0 Å². The van der Waals surface area contributed by atoms with Gasteiger partial charge in [-0.2, -0.15) is 0 Å². The van der Waals surface area contributed by atoms with E-state index in [1.165, 1.54) is 6.07 Å². The van der Waals surface area contributed by atoms with E-state index < -0.39 is 6.10 Å². The lowest BCUT2D eigenvalue weighted by Gasteiger charge is -2.13. The summed E-state index contributed by atoms with van der Waals surface area (Å²) in [4.78, 5) is 3.96. The van der Waals surface area contributed by atoms with Gasteiger partial charge >= 0.3 is 0 Å². The van der Waals surface area contributed by atoms with Crippen LogP contribution in [0.4, 0.5) is 10.2 Å². The lowest BCUT2D eigenvalue weighted by Crippen LogP contribution is -2.05. The third-order valence-corrected chi connectivity index (χ3v) is 2.91. The largest absolute Gasteiger partial charge is 0.388 e. The van der Waals surface area contributed by atoms with Crippen molar-refractivity contribution in [2.24, 2.45) is 0 Å². The van der Waals surface area contributed by atoms with Gasteiger partial charge in [-0.05, 0) is 35.7 Å². The van der Waals surface area contributed by atoms with Crippen LogP contribution in [0.2, 0.25) is 0 Å². The van der Waals surface area contributed by atoms with Crippen molar-refractivity contribution < 1.29 is 9.50 Å². The summed E-state index contributed by atoms with van der Waals surface area (Å²) in [6.07, 6.45) is 1.26. The molecule has 0 spiro atoms. The molecule has 2 aromatic rings. The number of aryl methyl sites for hydroxylation is 1. The van der Waals surface area contributed by atoms with Gasteiger partial charge in [-0.25, -0.2) is 9.37 Å². The van der Waals surface area contributed by atoms with Gasteiger partial charge in [0.05, 0.1) is 6.10 Å². The van der Waals surface area contributed by atoms with Gasteiger partial charge in [0, 0.05) is 12.6 Å². The van der Waals surface area contributed by atoms with E-state index in [0.717, 1.165) is 5.56 Å². The maximum Gasteiger partial charge on any atom is 0.126 e. The number of nitrogens with two attached hydrogens (primary N) is 1. The van der Waals surface area contributed by atoms with Gasteiger partial charge in [0.15, 0.2) is 0 Å². The summed E-state index contributed by atoms with van der Waals surface area (Å²) in [7, 11) is 0. The highest BCUT2D eigenvalue weighted by atomic mass is 19.1. The highest BCUT2D eigenvalue weighted by Gasteiger charge is 2.12. The number of rotatable bonds is 3. The van der Waals surface area contributed by atoms with Crippen LogP contribution in [-0.2, 0) is 6.42 Å². The van der Waals surface area contributed by atoms with Crippen LogP contribution in [0.15, 0.2) is 36.5 Å². The minimum absolute atomic E-state index is 0.271. The molecule has 0 aliphatic rings. The van der Waals surface area contributed by atoms with Crippen molar-refractivity contribution >= 4 is 5.82 Å². The number of benzene rings is 1. The third kappa shape index (κ3) is 2.65. The first-order chi connectivity index (χ1) is 8.58. The molecule has 94 valence electrons. The summed E-state index contributed by atoms with van der Waals surface area (Å²) in [5.74, 6) is 0.141. The maximum absolute atomic E-state index is 13.1. The fraction of sp³-hybridized carbons (Fsp3) is 0.214. The Balaban J connectivity index is 2.19. The number of aromatic nitrogens is 1. The Kier molecular flexibility index (Phi) is 3.58. The first kappa shape index (κ1) is 12.5. The molecule has 0 amide bonds. The zero-order valence-corrected chi connectivity index (χ0v) is 10.1. The van der Waals surface area contributed by atoms with Gasteiger partial charge in [0.1, 0.15) is 11.6 Å². The normalized spacial score (nSPS) is 12.4. The zero-order valence-electron chi connectivity index (χ0n) is 10.1. The molecule has 1 atom stereocenters. The van der Waals surface area contributed by atoms with Gasteiger partial charge in [-0.1, -0.05) is 18.2 Å². The molecule has 3 N–H and O–H groups in total. The molecule has 4 heteroatoms. The highest BCUT2D eigenvalue weighted by molar-refractivity contribution is 5.39. The molecule has 1 unspecified atom stereocenters. The lowest BCUT2D eigenvalue weighted by molar-refractivity contribution is 0.178. The molecule has 2 rings (SSSR count). The van der Waals surface area contributed by atoms with Crippen LogP contribution in [0, 0.1) is 12.7 Å². The van der Waals surface area contributed by atoms with Crippen molar-refractivity contribution in [1.29, 1.82) is 0 Å². The number of anilines is 1. The SMILES string of the molecule is Cc1cc(C(O)Cc2cccnc2N)ccc1F. The molecule has 0 bridgehead atoms. The van der Waals surface area contributed by atoms with Crippen molar-refractivity contribution in [2.45, 2.75) is 19.4 Å². The van der Waals surface area contributed by atoms with Crippen molar-refractivity contribution in [2.75, 3.05) is 5.73 Å². The fourth-order valence-electron chi connectivity index (χ4n) is 1.82. The van der Waals surface area contributed by atoms with Gasteiger partial charge < -0.3 is 10.8 Å². The van der Waals surface area contributed by atoms with Crippen LogP contribution in [0.25, 0.3) is 0 Å². The minimum atomic E-state index is -0.712. The Hall–Kier alpha value is -1.94. The molecule has 1 heterocycles. The van der Waals surface area contributed by atoms with Crippen LogP contribution < -0.4 is 5.73 Å². The summed E-state index contributed by atoms with van der Waals surface area (Å²) in [6.45, 7) is 1.67. The van der Waals surface area contributed by atoms with E-state index in [1.807, 2.05) is 6.07 Å². The number of aliphatic hydroxyl groups excluding tert-OH is 1. The summed E-state index contributed by atoms with van der Waals surface area (Å²) in [5, 5.41) is 10.1. The van der Waals surface area contributed by atoms with Crippen LogP contribution >= 0.6 is 0 Å². The summed E-state index contributed by atoms with van der Waals surface area (Å²) >= 11 is 0. The molecule has 0 saturated heterocycles. The second kappa shape index (κ2) is 5.14. The van der Waals surface area contributed by atoms with Crippen LogP contribution in [-0.4, -0.2) is 10.1 Å². The van der Waals surface area contributed by atoms with E-state index in [-0.39, 0.29) is 5.82 Å². The topological polar surface area (TPSA) is 59.1 Å². The molecule has 0 aliphatic carbocycles. The Labute approximate surface area is 105 Å². The third-order valence-electron chi connectivity index (χ3n) is 2.91. The number of aliphatic hydroxyl groups is 1. The average Bonchev–Trinajstić information content (AvgIpc) is 2.35. The standard InChI is InChI=1S/C14H15FN2O/c1-9-7-10(4-5-12(9)15)13(18)8-11-3-2-6-17-14(11)16/h2-7,13,18H,8H2,1H3,(H2,16,17). The van der Waals surface area contributed by atoms with Gasteiger partial charge in [0.25, 0.3) is 0 Å². The molecular weight excluding hydrogens is 231 g/mol. The Morgan fingerprint density at radius 3 is 2.83 bits per heavy atom. The van der Waals surface area contributed by atoms with E-state index in [2.05, 4.69) is 4.98 Å². The molecule has 1 aromatic carbocycles. The highest BCUT2D eigenvalue weighted by Crippen LogP contribution is 2.22. The van der Waals surface area contributed by atoms with Gasteiger partial charge in [0.2, 0.25) is 0 Å². The number of nitrogens with zero attached hydrogens (tertiary/aromatic N) is 1. The van der Waals surface area contributed by atoms with E-state index in [4.69, 9.17) is 5.73 Å². The van der Waals surface area contributed by atoms with Crippen LogP contribution in [0.3, 0.4) is 0 Å². The predicted molar refractivity (Wildman–Crippen MR) is 68.5 cm³/mol. The summed E-state index contributed by atoms with van der Waals surface area (Å²) in [5.41, 5.74) is 7.70. The number of nitrogen functional groups attached to an aromatic ring is 1. The quantitative estimate of drug-likeness (QED) is 0.874. The summed E-state index contributed by atoms with van der Waals surface area (Å²) in [6, 6.07) is 8.18. The summed E-state index contributed by atoms with van der Waals surface area (Å²) < 4.78 is 13.1.